The van der Waals surface area contributed by atoms with Gasteiger partial charge in [0.15, 0.2) is 0 Å². The molecule has 1 aliphatic heterocycles. The van der Waals surface area contributed by atoms with E-state index >= 15 is 0 Å². The Hall–Kier alpha value is -1.87. The first-order valence-corrected chi connectivity index (χ1v) is 7.71. The predicted molar refractivity (Wildman–Crippen MR) is 87.3 cm³/mol. The first-order valence-electron chi connectivity index (χ1n) is 7.71. The Morgan fingerprint density at radius 3 is 2.71 bits per heavy atom. The van der Waals surface area contributed by atoms with Gasteiger partial charge in [-0.05, 0) is 43.5 Å². The minimum Gasteiger partial charge on any atom is -0.373 e. The summed E-state index contributed by atoms with van der Waals surface area (Å²) in [6.45, 7) is 4.32. The second-order valence-electron chi connectivity index (χ2n) is 5.74. The summed E-state index contributed by atoms with van der Waals surface area (Å²) in [6, 6.07) is 15.6. The largest absolute Gasteiger partial charge is 0.373 e. The SMILES string of the molecule is CNc1ccc(C2CCCN2Cc2ccccc2)c(C)n1. The van der Waals surface area contributed by atoms with Gasteiger partial charge >= 0.3 is 0 Å². The zero-order chi connectivity index (χ0) is 14.7. The molecule has 1 aromatic carbocycles. The van der Waals surface area contributed by atoms with Crippen molar-refractivity contribution in [3.8, 4) is 0 Å². The van der Waals surface area contributed by atoms with E-state index in [0.717, 1.165) is 18.1 Å². The molecular weight excluding hydrogens is 258 g/mol. The molecule has 0 aliphatic carbocycles. The number of benzene rings is 1. The van der Waals surface area contributed by atoms with E-state index < -0.39 is 0 Å². The van der Waals surface area contributed by atoms with Gasteiger partial charge in [-0.25, -0.2) is 4.98 Å². The van der Waals surface area contributed by atoms with Crippen molar-refractivity contribution < 1.29 is 0 Å². The highest BCUT2D eigenvalue weighted by atomic mass is 15.2. The van der Waals surface area contributed by atoms with E-state index in [1.165, 1.54) is 30.5 Å². The molecule has 0 bridgehead atoms. The third-order valence-corrected chi connectivity index (χ3v) is 4.33. The number of hydrogen-bond donors (Lipinski definition) is 1. The number of aryl methyl sites for hydroxylation is 1. The van der Waals surface area contributed by atoms with Crippen LogP contribution in [-0.2, 0) is 6.54 Å². The van der Waals surface area contributed by atoms with E-state index in [4.69, 9.17) is 0 Å². The van der Waals surface area contributed by atoms with Gasteiger partial charge in [-0.3, -0.25) is 4.90 Å². The van der Waals surface area contributed by atoms with Crippen molar-refractivity contribution in [1.29, 1.82) is 0 Å². The van der Waals surface area contributed by atoms with Crippen LogP contribution in [0, 0.1) is 6.92 Å². The van der Waals surface area contributed by atoms with Gasteiger partial charge in [0.05, 0.1) is 0 Å². The topological polar surface area (TPSA) is 28.2 Å². The first kappa shape index (κ1) is 14.1. The smallest absolute Gasteiger partial charge is 0.125 e. The van der Waals surface area contributed by atoms with Crippen molar-refractivity contribution in [2.45, 2.75) is 32.4 Å². The average Bonchev–Trinajstić information content (AvgIpc) is 2.96. The molecule has 3 heteroatoms. The quantitative estimate of drug-likeness (QED) is 0.924. The van der Waals surface area contributed by atoms with Gasteiger partial charge in [0, 0.05) is 25.3 Å². The summed E-state index contributed by atoms with van der Waals surface area (Å²) >= 11 is 0. The Kier molecular flexibility index (Phi) is 4.20. The number of likely N-dealkylation sites (tertiary alicyclic amines) is 1. The third-order valence-electron chi connectivity index (χ3n) is 4.33. The molecule has 0 radical (unpaired) electrons. The second-order valence-corrected chi connectivity index (χ2v) is 5.74. The van der Waals surface area contributed by atoms with E-state index in [0.29, 0.717) is 6.04 Å². The molecule has 1 fully saturated rings. The van der Waals surface area contributed by atoms with Gasteiger partial charge in [0.1, 0.15) is 5.82 Å². The van der Waals surface area contributed by atoms with Crippen LogP contribution in [0.25, 0.3) is 0 Å². The van der Waals surface area contributed by atoms with Crippen molar-refractivity contribution in [2.24, 2.45) is 0 Å². The maximum absolute atomic E-state index is 4.64. The summed E-state index contributed by atoms with van der Waals surface area (Å²) in [5.74, 6) is 0.948. The summed E-state index contributed by atoms with van der Waals surface area (Å²) in [4.78, 5) is 7.22. The normalized spacial score (nSPS) is 18.9. The lowest BCUT2D eigenvalue weighted by atomic mass is 10.0. The van der Waals surface area contributed by atoms with Gasteiger partial charge in [-0.1, -0.05) is 36.4 Å². The van der Waals surface area contributed by atoms with Crippen LogP contribution in [0.2, 0.25) is 0 Å². The molecule has 0 spiro atoms. The van der Waals surface area contributed by atoms with E-state index in [9.17, 15) is 0 Å². The van der Waals surface area contributed by atoms with Crippen molar-refractivity contribution in [3.63, 3.8) is 0 Å². The first-order chi connectivity index (χ1) is 10.3. The second kappa shape index (κ2) is 6.27. The van der Waals surface area contributed by atoms with Crippen LogP contribution in [0.1, 0.15) is 35.7 Å². The lowest BCUT2D eigenvalue weighted by molar-refractivity contribution is 0.247. The molecule has 1 unspecified atom stereocenters. The maximum Gasteiger partial charge on any atom is 0.125 e. The highest BCUT2D eigenvalue weighted by Crippen LogP contribution is 2.34. The molecule has 3 rings (SSSR count). The molecule has 110 valence electrons. The van der Waals surface area contributed by atoms with Gasteiger partial charge in [-0.15, -0.1) is 0 Å². The molecular formula is C18H23N3. The summed E-state index contributed by atoms with van der Waals surface area (Å²) in [6.07, 6.45) is 2.50. The van der Waals surface area contributed by atoms with E-state index in [2.05, 4.69) is 64.6 Å². The van der Waals surface area contributed by atoms with E-state index in [-0.39, 0.29) is 0 Å². The molecule has 1 aliphatic rings. The zero-order valence-corrected chi connectivity index (χ0v) is 12.8. The predicted octanol–water partition coefficient (Wildman–Crippen LogP) is 3.77. The van der Waals surface area contributed by atoms with Crippen molar-refractivity contribution >= 4 is 5.82 Å². The molecule has 1 saturated heterocycles. The van der Waals surface area contributed by atoms with Crippen LogP contribution in [0.15, 0.2) is 42.5 Å². The lowest BCUT2D eigenvalue weighted by Crippen LogP contribution is -2.23. The Morgan fingerprint density at radius 1 is 1.19 bits per heavy atom. The van der Waals surface area contributed by atoms with Crippen LogP contribution in [0.4, 0.5) is 5.82 Å². The molecule has 2 heterocycles. The van der Waals surface area contributed by atoms with Crippen molar-refractivity contribution in [3.05, 3.63) is 59.3 Å². The minimum atomic E-state index is 0.503. The molecule has 1 atom stereocenters. The lowest BCUT2D eigenvalue weighted by Gasteiger charge is -2.26. The van der Waals surface area contributed by atoms with Crippen molar-refractivity contribution in [2.75, 3.05) is 18.9 Å². The van der Waals surface area contributed by atoms with Gasteiger partial charge < -0.3 is 5.32 Å². The molecule has 3 nitrogen and oxygen atoms in total. The number of anilines is 1. The molecule has 2 aromatic rings. The number of nitrogens with zero attached hydrogens (tertiary/aromatic N) is 2. The van der Waals surface area contributed by atoms with Crippen molar-refractivity contribution in [1.82, 2.24) is 9.88 Å². The van der Waals surface area contributed by atoms with Gasteiger partial charge in [0.2, 0.25) is 0 Å². The highest BCUT2D eigenvalue weighted by molar-refractivity contribution is 5.39. The van der Waals surface area contributed by atoms with Crippen LogP contribution in [-0.4, -0.2) is 23.5 Å². The average molecular weight is 281 g/mol. The fraction of sp³-hybridized carbons (Fsp3) is 0.389. The standard InChI is InChI=1S/C18H23N3/c1-14-16(10-11-18(19-2)20-14)17-9-6-12-21(17)13-15-7-4-3-5-8-15/h3-5,7-8,10-11,17H,6,9,12-13H2,1-2H3,(H,19,20). The molecule has 0 amide bonds. The zero-order valence-electron chi connectivity index (χ0n) is 12.8. The number of aromatic nitrogens is 1. The molecule has 1 N–H and O–H groups in total. The summed E-state index contributed by atoms with van der Waals surface area (Å²) in [7, 11) is 1.92. The van der Waals surface area contributed by atoms with Crippen LogP contribution in [0.3, 0.4) is 0 Å². The Labute approximate surface area is 127 Å². The molecule has 0 saturated carbocycles. The number of rotatable bonds is 4. The number of nitrogens with one attached hydrogen (secondary N) is 1. The Bertz CT molecular complexity index is 595. The van der Waals surface area contributed by atoms with Crippen LogP contribution < -0.4 is 5.32 Å². The van der Waals surface area contributed by atoms with Crippen LogP contribution >= 0.6 is 0 Å². The van der Waals surface area contributed by atoms with Gasteiger partial charge in [-0.2, -0.15) is 0 Å². The Balaban J connectivity index is 1.80. The number of hydrogen-bond acceptors (Lipinski definition) is 3. The minimum absolute atomic E-state index is 0.503. The Morgan fingerprint density at radius 2 is 2.00 bits per heavy atom. The van der Waals surface area contributed by atoms with E-state index in [1.807, 2.05) is 7.05 Å². The summed E-state index contributed by atoms with van der Waals surface area (Å²) < 4.78 is 0. The van der Waals surface area contributed by atoms with Crippen LogP contribution in [0.5, 0.6) is 0 Å². The fourth-order valence-corrected chi connectivity index (χ4v) is 3.25. The van der Waals surface area contributed by atoms with Gasteiger partial charge in [0.25, 0.3) is 0 Å². The third kappa shape index (κ3) is 3.08. The monoisotopic (exact) mass is 281 g/mol. The fourth-order valence-electron chi connectivity index (χ4n) is 3.25. The molecule has 21 heavy (non-hydrogen) atoms. The molecule has 1 aromatic heterocycles. The highest BCUT2D eigenvalue weighted by Gasteiger charge is 2.27. The summed E-state index contributed by atoms with van der Waals surface area (Å²) in [5, 5.41) is 3.11. The van der Waals surface area contributed by atoms with E-state index in [1.54, 1.807) is 0 Å². The summed E-state index contributed by atoms with van der Waals surface area (Å²) in [5.41, 5.74) is 3.91. The maximum atomic E-state index is 4.64. The number of pyridine rings is 1.